The molecule has 3 nitrogen and oxygen atoms in total. The van der Waals surface area contributed by atoms with Crippen LogP contribution >= 0.6 is 0 Å². The van der Waals surface area contributed by atoms with Gasteiger partial charge in [-0.1, -0.05) is 0 Å². The molecule has 0 saturated heterocycles. The van der Waals surface area contributed by atoms with Gasteiger partial charge in [-0.25, -0.2) is 4.98 Å². The lowest BCUT2D eigenvalue weighted by Crippen LogP contribution is -2.05. The van der Waals surface area contributed by atoms with Crippen LogP contribution in [0, 0.1) is 0 Å². The lowest BCUT2D eigenvalue weighted by Gasteiger charge is -2.05. The fraction of sp³-hybridized carbons (Fsp3) is 0.375. The summed E-state index contributed by atoms with van der Waals surface area (Å²) in [6.45, 7) is 1.93. The largest absolute Gasteiger partial charge is 0.481 e. The third kappa shape index (κ3) is 1.91. The van der Waals surface area contributed by atoms with Crippen molar-refractivity contribution in [2.45, 2.75) is 13.0 Å². The van der Waals surface area contributed by atoms with E-state index in [1.807, 2.05) is 19.1 Å². The minimum absolute atomic E-state index is 0.0342. The molecule has 0 radical (unpaired) electrons. The molecule has 60 valence electrons. The van der Waals surface area contributed by atoms with Gasteiger partial charge < -0.3 is 10.5 Å². The molecule has 0 aliphatic rings. The van der Waals surface area contributed by atoms with Gasteiger partial charge in [-0.05, 0) is 18.6 Å². The Kier molecular flexibility index (Phi) is 2.44. The van der Waals surface area contributed by atoms with Gasteiger partial charge in [0.05, 0.1) is 7.11 Å². The summed E-state index contributed by atoms with van der Waals surface area (Å²) in [5.41, 5.74) is 6.69. The van der Waals surface area contributed by atoms with Gasteiger partial charge >= 0.3 is 0 Å². The molecule has 0 saturated carbocycles. The van der Waals surface area contributed by atoms with Crippen LogP contribution in [-0.2, 0) is 0 Å². The summed E-state index contributed by atoms with van der Waals surface area (Å²) >= 11 is 0. The maximum Gasteiger partial charge on any atom is 0.213 e. The van der Waals surface area contributed by atoms with Crippen molar-refractivity contribution in [1.29, 1.82) is 0 Å². The molecule has 0 bridgehead atoms. The van der Waals surface area contributed by atoms with Crippen molar-refractivity contribution >= 4 is 0 Å². The lowest BCUT2D eigenvalue weighted by atomic mass is 10.1. The van der Waals surface area contributed by atoms with Crippen LogP contribution in [0.25, 0.3) is 0 Å². The van der Waals surface area contributed by atoms with Crippen LogP contribution in [0.5, 0.6) is 5.88 Å². The molecule has 1 aromatic rings. The number of hydrogen-bond acceptors (Lipinski definition) is 3. The van der Waals surface area contributed by atoms with E-state index in [0.29, 0.717) is 5.88 Å². The molecule has 0 fully saturated rings. The molecule has 1 unspecified atom stereocenters. The van der Waals surface area contributed by atoms with Crippen LogP contribution in [-0.4, -0.2) is 12.1 Å². The van der Waals surface area contributed by atoms with E-state index in [-0.39, 0.29) is 6.04 Å². The first-order valence-corrected chi connectivity index (χ1v) is 3.49. The summed E-state index contributed by atoms with van der Waals surface area (Å²) in [6, 6.07) is 3.75. The first kappa shape index (κ1) is 8.01. The number of methoxy groups -OCH3 is 1. The molecular weight excluding hydrogens is 140 g/mol. The first-order valence-electron chi connectivity index (χ1n) is 3.49. The maximum absolute atomic E-state index is 5.65. The smallest absolute Gasteiger partial charge is 0.213 e. The van der Waals surface area contributed by atoms with Gasteiger partial charge in [-0.15, -0.1) is 0 Å². The van der Waals surface area contributed by atoms with E-state index < -0.39 is 0 Å². The standard InChI is InChI=1S/C8H12N2O/c1-6(9)7-3-4-10-8(5-7)11-2/h3-6H,9H2,1-2H3. The van der Waals surface area contributed by atoms with Crippen molar-refractivity contribution in [2.75, 3.05) is 7.11 Å². The van der Waals surface area contributed by atoms with E-state index in [9.17, 15) is 0 Å². The number of aromatic nitrogens is 1. The zero-order chi connectivity index (χ0) is 8.27. The fourth-order valence-corrected chi connectivity index (χ4v) is 0.820. The number of nitrogens with two attached hydrogens (primary N) is 1. The second-order valence-corrected chi connectivity index (χ2v) is 2.42. The van der Waals surface area contributed by atoms with Crippen molar-refractivity contribution in [1.82, 2.24) is 4.98 Å². The maximum atomic E-state index is 5.65. The molecule has 0 aromatic carbocycles. The van der Waals surface area contributed by atoms with E-state index in [4.69, 9.17) is 10.5 Å². The van der Waals surface area contributed by atoms with Crippen molar-refractivity contribution in [2.24, 2.45) is 5.73 Å². The van der Waals surface area contributed by atoms with Crippen molar-refractivity contribution in [3.05, 3.63) is 23.9 Å². The molecule has 3 heteroatoms. The second-order valence-electron chi connectivity index (χ2n) is 2.42. The molecule has 11 heavy (non-hydrogen) atoms. The highest BCUT2D eigenvalue weighted by atomic mass is 16.5. The van der Waals surface area contributed by atoms with Gasteiger partial charge in [-0.2, -0.15) is 0 Å². The summed E-state index contributed by atoms with van der Waals surface area (Å²) in [5.74, 6) is 0.611. The van der Waals surface area contributed by atoms with E-state index in [1.54, 1.807) is 13.3 Å². The van der Waals surface area contributed by atoms with Crippen LogP contribution in [0.4, 0.5) is 0 Å². The van der Waals surface area contributed by atoms with Crippen molar-refractivity contribution in [3.8, 4) is 5.88 Å². The average molecular weight is 152 g/mol. The normalized spacial score (nSPS) is 12.6. The Labute approximate surface area is 66.2 Å². The zero-order valence-electron chi connectivity index (χ0n) is 6.74. The van der Waals surface area contributed by atoms with Gasteiger partial charge in [-0.3, -0.25) is 0 Å². The topological polar surface area (TPSA) is 48.1 Å². The third-order valence-electron chi connectivity index (χ3n) is 1.49. The lowest BCUT2D eigenvalue weighted by molar-refractivity contribution is 0.397. The van der Waals surface area contributed by atoms with Gasteiger partial charge in [0.2, 0.25) is 5.88 Å². The first-order chi connectivity index (χ1) is 5.24. The summed E-state index contributed by atoms with van der Waals surface area (Å²) in [6.07, 6.45) is 1.69. The highest BCUT2D eigenvalue weighted by Gasteiger charge is 1.99. The van der Waals surface area contributed by atoms with Gasteiger partial charge in [0.15, 0.2) is 0 Å². The number of pyridine rings is 1. The summed E-state index contributed by atoms with van der Waals surface area (Å²) in [5, 5.41) is 0. The molecule has 0 amide bonds. The molecule has 1 heterocycles. The highest BCUT2D eigenvalue weighted by Crippen LogP contribution is 2.13. The Bertz CT molecular complexity index is 235. The molecule has 0 spiro atoms. The van der Waals surface area contributed by atoms with E-state index in [2.05, 4.69) is 4.98 Å². The SMILES string of the molecule is COc1cc(C(C)N)ccn1. The minimum Gasteiger partial charge on any atom is -0.481 e. The van der Waals surface area contributed by atoms with Crippen LogP contribution < -0.4 is 10.5 Å². The molecular formula is C8H12N2O. The number of nitrogens with zero attached hydrogens (tertiary/aromatic N) is 1. The predicted octanol–water partition coefficient (Wildman–Crippen LogP) is 1.11. The highest BCUT2D eigenvalue weighted by molar-refractivity contribution is 5.22. The van der Waals surface area contributed by atoms with E-state index in [1.165, 1.54) is 0 Å². The molecule has 0 aliphatic carbocycles. The monoisotopic (exact) mass is 152 g/mol. The minimum atomic E-state index is 0.0342. The van der Waals surface area contributed by atoms with Gasteiger partial charge in [0.1, 0.15) is 0 Å². The number of hydrogen-bond donors (Lipinski definition) is 1. The van der Waals surface area contributed by atoms with Crippen LogP contribution in [0.3, 0.4) is 0 Å². The Morgan fingerprint density at radius 1 is 1.64 bits per heavy atom. The number of rotatable bonds is 2. The van der Waals surface area contributed by atoms with Crippen molar-refractivity contribution < 1.29 is 4.74 Å². The van der Waals surface area contributed by atoms with Crippen LogP contribution in [0.1, 0.15) is 18.5 Å². The molecule has 1 rings (SSSR count). The number of ether oxygens (including phenoxy) is 1. The van der Waals surface area contributed by atoms with Crippen LogP contribution in [0.2, 0.25) is 0 Å². The Morgan fingerprint density at radius 3 is 2.91 bits per heavy atom. The Hall–Kier alpha value is -1.09. The fourth-order valence-electron chi connectivity index (χ4n) is 0.820. The Morgan fingerprint density at radius 2 is 2.36 bits per heavy atom. The quantitative estimate of drug-likeness (QED) is 0.690. The molecule has 1 aromatic heterocycles. The molecule has 1 atom stereocenters. The second kappa shape index (κ2) is 3.34. The van der Waals surface area contributed by atoms with Gasteiger partial charge in [0, 0.05) is 18.3 Å². The molecule has 2 N–H and O–H groups in total. The van der Waals surface area contributed by atoms with Gasteiger partial charge in [0.25, 0.3) is 0 Å². The zero-order valence-corrected chi connectivity index (χ0v) is 6.74. The summed E-state index contributed by atoms with van der Waals surface area (Å²) < 4.78 is 4.94. The Balaban J connectivity index is 2.91. The average Bonchev–Trinajstić information content (AvgIpc) is 2.05. The van der Waals surface area contributed by atoms with E-state index in [0.717, 1.165) is 5.56 Å². The predicted molar refractivity (Wildman–Crippen MR) is 43.4 cm³/mol. The van der Waals surface area contributed by atoms with Crippen LogP contribution in [0.15, 0.2) is 18.3 Å². The summed E-state index contributed by atoms with van der Waals surface area (Å²) in [4.78, 5) is 3.96. The molecule has 0 aliphatic heterocycles. The summed E-state index contributed by atoms with van der Waals surface area (Å²) in [7, 11) is 1.59. The van der Waals surface area contributed by atoms with E-state index >= 15 is 0 Å². The van der Waals surface area contributed by atoms with Crippen molar-refractivity contribution in [3.63, 3.8) is 0 Å². The third-order valence-corrected chi connectivity index (χ3v) is 1.49.